The first-order valence-corrected chi connectivity index (χ1v) is 18.3. The van der Waals surface area contributed by atoms with Gasteiger partial charge in [0.25, 0.3) is 11.5 Å². The number of anilines is 1. The summed E-state index contributed by atoms with van der Waals surface area (Å²) in [6, 6.07) is 16.7. The number of aromatic nitrogens is 1. The van der Waals surface area contributed by atoms with Gasteiger partial charge in [0.05, 0.1) is 17.3 Å². The van der Waals surface area contributed by atoms with Crippen molar-refractivity contribution in [3.8, 4) is 11.3 Å². The molecular weight excluding hydrogens is 645 g/mol. The van der Waals surface area contributed by atoms with E-state index in [0.717, 1.165) is 4.57 Å². The smallest absolute Gasteiger partial charge is 0.415 e. The molecule has 0 saturated heterocycles. The number of halogens is 3. The zero-order valence-corrected chi connectivity index (χ0v) is 29.1. The first-order valence-electron chi connectivity index (χ1n) is 15.4. The lowest BCUT2D eigenvalue weighted by molar-refractivity contribution is -0.210. The molecule has 2 aromatic carbocycles. The number of nitrogens with one attached hydrogen (secondary N) is 2. The van der Waals surface area contributed by atoms with Crippen LogP contribution in [0.5, 0.6) is 0 Å². The van der Waals surface area contributed by atoms with Gasteiger partial charge < -0.3 is 20.2 Å². The molecule has 0 aliphatic rings. The largest absolute Gasteiger partial charge is 0.444 e. The van der Waals surface area contributed by atoms with Gasteiger partial charge in [0.1, 0.15) is 18.8 Å². The van der Waals surface area contributed by atoms with Crippen molar-refractivity contribution < 1.29 is 36.7 Å². The Morgan fingerprint density at radius 1 is 0.958 bits per heavy atom. The highest BCUT2D eigenvalue weighted by Gasteiger charge is 2.52. The van der Waals surface area contributed by atoms with Gasteiger partial charge in [0.2, 0.25) is 5.91 Å². The van der Waals surface area contributed by atoms with Crippen LogP contribution in [0.1, 0.15) is 50.5 Å². The van der Waals surface area contributed by atoms with E-state index < -0.39 is 73.3 Å². The van der Waals surface area contributed by atoms with Gasteiger partial charge in [-0.25, -0.2) is 4.79 Å². The SMILES string of the molecule is CC(C)C(NC(=O)Cn1c(-c2ccccc2)cc(C(N)=O)c(NC(=O)OCc2ccccc2)c1=O)C(O[Si](C)(C)C(C)(C)C)C(F)(F)F. The summed E-state index contributed by atoms with van der Waals surface area (Å²) < 4.78 is 55.6. The molecule has 4 N–H and O–H groups in total. The Balaban J connectivity index is 2.04. The van der Waals surface area contributed by atoms with E-state index in [9.17, 15) is 32.3 Å². The zero-order valence-electron chi connectivity index (χ0n) is 28.1. The molecule has 0 aliphatic carbocycles. The third kappa shape index (κ3) is 9.57. The minimum atomic E-state index is -4.82. The van der Waals surface area contributed by atoms with Crippen molar-refractivity contribution in [2.24, 2.45) is 11.7 Å². The van der Waals surface area contributed by atoms with Crippen molar-refractivity contribution in [2.75, 3.05) is 5.32 Å². The number of pyridine rings is 1. The van der Waals surface area contributed by atoms with Crippen LogP contribution in [0, 0.1) is 5.92 Å². The standard InChI is InChI=1S/C34H43F3N4O6Si/c1-21(2)27(29(34(35,36)37)47-48(6,7)33(3,4)5)39-26(42)19-41-25(23-16-12-9-13-17-23)18-24(30(38)43)28(31(41)44)40-32(45)46-20-22-14-10-8-11-15-22/h8-18,21,27,29H,19-20H2,1-7H3,(H2,38,43)(H,39,42)(H,40,45). The minimum Gasteiger partial charge on any atom is -0.444 e. The Hall–Kier alpha value is -4.43. The lowest BCUT2D eigenvalue weighted by Gasteiger charge is -2.42. The van der Waals surface area contributed by atoms with Crippen molar-refractivity contribution in [3.63, 3.8) is 0 Å². The second-order valence-corrected chi connectivity index (χ2v) is 18.1. The van der Waals surface area contributed by atoms with E-state index in [0.29, 0.717) is 11.1 Å². The first-order chi connectivity index (χ1) is 22.2. The third-order valence-corrected chi connectivity index (χ3v) is 12.8. The Labute approximate surface area is 278 Å². The van der Waals surface area contributed by atoms with Crippen molar-refractivity contribution in [1.82, 2.24) is 9.88 Å². The fourth-order valence-electron chi connectivity index (χ4n) is 4.63. The summed E-state index contributed by atoms with van der Waals surface area (Å²) in [6.07, 6.45) is -8.21. The molecule has 1 heterocycles. The molecule has 0 fully saturated rings. The number of carbonyl (C=O) groups is 3. The van der Waals surface area contributed by atoms with Crippen LogP contribution in [-0.4, -0.2) is 49.1 Å². The molecule has 0 saturated carbocycles. The summed E-state index contributed by atoms with van der Waals surface area (Å²) >= 11 is 0. The van der Waals surface area contributed by atoms with E-state index in [1.807, 2.05) is 20.8 Å². The molecule has 0 aliphatic heterocycles. The Kier molecular flexibility index (Phi) is 12.0. The molecule has 3 rings (SSSR count). The predicted molar refractivity (Wildman–Crippen MR) is 180 cm³/mol. The van der Waals surface area contributed by atoms with E-state index in [1.54, 1.807) is 73.8 Å². The molecule has 2 unspecified atom stereocenters. The third-order valence-electron chi connectivity index (χ3n) is 8.30. The summed E-state index contributed by atoms with van der Waals surface area (Å²) in [4.78, 5) is 52.8. The number of benzene rings is 2. The number of hydrogen-bond acceptors (Lipinski definition) is 6. The highest BCUT2D eigenvalue weighted by Crippen LogP contribution is 2.41. The predicted octanol–water partition coefficient (Wildman–Crippen LogP) is 6.46. The van der Waals surface area contributed by atoms with E-state index in [-0.39, 0.29) is 17.9 Å². The van der Waals surface area contributed by atoms with Crippen molar-refractivity contribution >= 4 is 31.9 Å². The number of carbonyl (C=O) groups excluding carboxylic acids is 3. The van der Waals surface area contributed by atoms with E-state index >= 15 is 0 Å². The minimum absolute atomic E-state index is 0.0683. The van der Waals surface area contributed by atoms with Gasteiger partial charge in [-0.15, -0.1) is 0 Å². The molecular formula is C34H43F3N4O6Si. The molecule has 260 valence electrons. The van der Waals surface area contributed by atoms with Gasteiger partial charge in [-0.1, -0.05) is 95.3 Å². The molecule has 0 spiro atoms. The van der Waals surface area contributed by atoms with Gasteiger partial charge in [-0.05, 0) is 41.2 Å². The number of rotatable bonds is 12. The molecule has 1 aromatic heterocycles. The Morgan fingerprint density at radius 3 is 2.02 bits per heavy atom. The number of ether oxygens (including phenoxy) is 1. The maximum absolute atomic E-state index is 14.5. The summed E-state index contributed by atoms with van der Waals surface area (Å²) in [6.45, 7) is 11.0. The number of amides is 3. The quantitative estimate of drug-likeness (QED) is 0.187. The van der Waals surface area contributed by atoms with E-state index in [2.05, 4.69) is 10.6 Å². The molecule has 3 aromatic rings. The van der Waals surface area contributed by atoms with Gasteiger partial charge in [-0.3, -0.25) is 24.3 Å². The maximum atomic E-state index is 14.5. The van der Waals surface area contributed by atoms with Crippen LogP contribution in [0.2, 0.25) is 18.1 Å². The second kappa shape index (κ2) is 15.2. The molecule has 48 heavy (non-hydrogen) atoms. The lowest BCUT2D eigenvalue weighted by atomic mass is 9.98. The maximum Gasteiger partial charge on any atom is 0.415 e. The number of nitrogens with zero attached hydrogens (tertiary/aromatic N) is 1. The van der Waals surface area contributed by atoms with Crippen LogP contribution in [0.25, 0.3) is 11.3 Å². The van der Waals surface area contributed by atoms with Crippen molar-refractivity contribution in [1.29, 1.82) is 0 Å². The monoisotopic (exact) mass is 688 g/mol. The topological polar surface area (TPSA) is 142 Å². The molecule has 10 nitrogen and oxygen atoms in total. The van der Waals surface area contributed by atoms with Crippen LogP contribution >= 0.6 is 0 Å². The van der Waals surface area contributed by atoms with Gasteiger partial charge in [0, 0.05) is 0 Å². The second-order valence-electron chi connectivity index (χ2n) is 13.3. The van der Waals surface area contributed by atoms with Crippen LogP contribution in [-0.2, 0) is 27.1 Å². The highest BCUT2D eigenvalue weighted by molar-refractivity contribution is 6.74. The number of primary amides is 1. The lowest BCUT2D eigenvalue weighted by Crippen LogP contribution is -2.59. The van der Waals surface area contributed by atoms with Gasteiger partial charge >= 0.3 is 12.3 Å². The normalized spacial score (nSPS) is 13.5. The molecule has 2 atom stereocenters. The molecule has 0 bridgehead atoms. The fraction of sp³-hybridized carbons (Fsp3) is 0.412. The van der Waals surface area contributed by atoms with Crippen LogP contribution in [0.15, 0.2) is 71.5 Å². The van der Waals surface area contributed by atoms with Crippen LogP contribution < -0.4 is 21.9 Å². The first kappa shape index (κ1) is 38.0. The van der Waals surface area contributed by atoms with Gasteiger partial charge in [0.15, 0.2) is 14.4 Å². The fourth-order valence-corrected chi connectivity index (χ4v) is 5.90. The highest BCUT2D eigenvalue weighted by atomic mass is 28.4. The van der Waals surface area contributed by atoms with Crippen molar-refractivity contribution in [3.05, 3.63) is 88.2 Å². The van der Waals surface area contributed by atoms with Crippen LogP contribution in [0.3, 0.4) is 0 Å². The molecule has 14 heteroatoms. The summed E-state index contributed by atoms with van der Waals surface area (Å²) in [5, 5.41) is 4.18. The van der Waals surface area contributed by atoms with E-state index in [1.165, 1.54) is 19.9 Å². The summed E-state index contributed by atoms with van der Waals surface area (Å²) in [5.74, 6) is -2.69. The summed E-state index contributed by atoms with van der Waals surface area (Å²) in [7, 11) is -2.96. The number of alkyl halides is 3. The summed E-state index contributed by atoms with van der Waals surface area (Å²) in [5.41, 5.74) is 4.82. The number of nitrogens with two attached hydrogens (primary N) is 1. The average Bonchev–Trinajstić information content (AvgIpc) is 2.99. The van der Waals surface area contributed by atoms with Gasteiger partial charge in [-0.2, -0.15) is 13.2 Å². The van der Waals surface area contributed by atoms with Crippen molar-refractivity contribution in [2.45, 2.75) is 84.2 Å². The van der Waals surface area contributed by atoms with E-state index in [4.69, 9.17) is 14.9 Å². The zero-order chi connectivity index (χ0) is 36.0. The molecule has 0 radical (unpaired) electrons. The Bertz CT molecular complexity index is 1660. The molecule has 3 amide bonds. The Morgan fingerprint density at radius 2 is 1.52 bits per heavy atom. The average molecular weight is 689 g/mol. The van der Waals surface area contributed by atoms with Crippen LogP contribution in [0.4, 0.5) is 23.7 Å². The number of hydrogen-bond donors (Lipinski definition) is 3.